The van der Waals surface area contributed by atoms with Gasteiger partial charge in [-0.2, -0.15) is 0 Å². The Morgan fingerprint density at radius 1 is 1.29 bits per heavy atom. The van der Waals surface area contributed by atoms with Crippen LogP contribution in [0, 0.1) is 0 Å². The van der Waals surface area contributed by atoms with Crippen molar-refractivity contribution in [3.63, 3.8) is 0 Å². The van der Waals surface area contributed by atoms with Crippen molar-refractivity contribution in [3.8, 4) is 0 Å². The van der Waals surface area contributed by atoms with Gasteiger partial charge in [0.05, 0.1) is 5.54 Å². The van der Waals surface area contributed by atoms with Crippen molar-refractivity contribution in [1.29, 1.82) is 0 Å². The Kier molecular flexibility index (Phi) is 3.20. The Morgan fingerprint density at radius 3 is 2.59 bits per heavy atom. The van der Waals surface area contributed by atoms with Crippen LogP contribution in [0.1, 0.15) is 32.4 Å². The van der Waals surface area contributed by atoms with E-state index in [-0.39, 0.29) is 11.9 Å². The minimum atomic E-state index is -0.437. The van der Waals surface area contributed by atoms with Crippen molar-refractivity contribution < 1.29 is 4.79 Å². The first-order valence-electron chi connectivity index (χ1n) is 6.13. The molecule has 3 nitrogen and oxygen atoms in total. The Balaban J connectivity index is 2.24. The molecule has 2 rings (SSSR count). The molecule has 1 unspecified atom stereocenters. The molecule has 1 aliphatic heterocycles. The lowest BCUT2D eigenvalue weighted by atomic mass is 9.94. The second-order valence-corrected chi connectivity index (χ2v) is 5.09. The van der Waals surface area contributed by atoms with Gasteiger partial charge in [0.2, 0.25) is 5.91 Å². The zero-order valence-corrected chi connectivity index (χ0v) is 10.7. The minimum absolute atomic E-state index is 0.117. The molecule has 1 aliphatic rings. The molecule has 0 spiro atoms. The first-order valence-corrected chi connectivity index (χ1v) is 6.13. The molecule has 0 aromatic heterocycles. The summed E-state index contributed by atoms with van der Waals surface area (Å²) in [5.74, 6) is 0.117. The zero-order valence-electron chi connectivity index (χ0n) is 10.7. The Labute approximate surface area is 103 Å². The van der Waals surface area contributed by atoms with Crippen LogP contribution >= 0.6 is 0 Å². The highest BCUT2D eigenvalue weighted by atomic mass is 16.2. The molecule has 0 saturated carbocycles. The second-order valence-electron chi connectivity index (χ2n) is 5.09. The van der Waals surface area contributed by atoms with E-state index in [1.807, 2.05) is 32.0 Å². The maximum Gasteiger partial charge on any atom is 0.240 e. The molecule has 1 aromatic carbocycles. The number of hydrogen-bond acceptors (Lipinski definition) is 2. The standard InChI is InChI=1S/C14H20N2O/c1-11(12-7-5-4-6-8-12)16-10-9-15-13(17)14(16,2)3/h4-8,11H,9-10H2,1-3H3,(H,15,17). The van der Waals surface area contributed by atoms with Crippen molar-refractivity contribution in [1.82, 2.24) is 10.2 Å². The van der Waals surface area contributed by atoms with E-state index in [4.69, 9.17) is 0 Å². The molecule has 1 heterocycles. The van der Waals surface area contributed by atoms with Gasteiger partial charge in [0.25, 0.3) is 0 Å². The quantitative estimate of drug-likeness (QED) is 0.845. The third-order valence-corrected chi connectivity index (χ3v) is 3.66. The molecule has 3 heteroatoms. The number of nitrogens with one attached hydrogen (secondary N) is 1. The van der Waals surface area contributed by atoms with E-state index in [0.29, 0.717) is 0 Å². The number of benzene rings is 1. The first kappa shape index (κ1) is 12.1. The van der Waals surface area contributed by atoms with E-state index in [9.17, 15) is 4.79 Å². The molecular weight excluding hydrogens is 212 g/mol. The average molecular weight is 232 g/mol. The highest BCUT2D eigenvalue weighted by Gasteiger charge is 2.40. The van der Waals surface area contributed by atoms with Crippen molar-refractivity contribution in [3.05, 3.63) is 35.9 Å². The molecule has 1 amide bonds. The van der Waals surface area contributed by atoms with Gasteiger partial charge in [0.15, 0.2) is 0 Å². The van der Waals surface area contributed by atoms with Crippen molar-refractivity contribution in [2.45, 2.75) is 32.4 Å². The molecule has 0 aliphatic carbocycles. The van der Waals surface area contributed by atoms with Gasteiger partial charge in [0, 0.05) is 19.1 Å². The Morgan fingerprint density at radius 2 is 1.94 bits per heavy atom. The van der Waals surface area contributed by atoms with Gasteiger partial charge in [-0.15, -0.1) is 0 Å². The molecule has 1 atom stereocenters. The third kappa shape index (κ3) is 2.20. The lowest BCUT2D eigenvalue weighted by Gasteiger charge is -2.44. The molecule has 0 radical (unpaired) electrons. The summed E-state index contributed by atoms with van der Waals surface area (Å²) in [7, 11) is 0. The smallest absolute Gasteiger partial charge is 0.240 e. The average Bonchev–Trinajstić information content (AvgIpc) is 2.33. The number of carbonyl (C=O) groups is 1. The van der Waals surface area contributed by atoms with Crippen LogP contribution in [0.15, 0.2) is 30.3 Å². The fraction of sp³-hybridized carbons (Fsp3) is 0.500. The summed E-state index contributed by atoms with van der Waals surface area (Å²) in [6.45, 7) is 7.77. The Bertz CT molecular complexity index is 400. The largest absolute Gasteiger partial charge is 0.353 e. The van der Waals surface area contributed by atoms with E-state index < -0.39 is 5.54 Å². The summed E-state index contributed by atoms with van der Waals surface area (Å²) in [4.78, 5) is 14.2. The van der Waals surface area contributed by atoms with Gasteiger partial charge in [-0.1, -0.05) is 30.3 Å². The van der Waals surface area contributed by atoms with Gasteiger partial charge >= 0.3 is 0 Å². The van der Waals surface area contributed by atoms with E-state index in [2.05, 4.69) is 29.3 Å². The first-order chi connectivity index (χ1) is 8.03. The molecule has 1 N–H and O–H groups in total. The van der Waals surface area contributed by atoms with Crippen LogP contribution in [0.2, 0.25) is 0 Å². The number of carbonyl (C=O) groups excluding carboxylic acids is 1. The highest BCUT2D eigenvalue weighted by molar-refractivity contribution is 5.86. The molecule has 17 heavy (non-hydrogen) atoms. The molecule has 1 aromatic rings. The van der Waals surface area contributed by atoms with Gasteiger partial charge in [-0.25, -0.2) is 0 Å². The summed E-state index contributed by atoms with van der Waals surface area (Å²) in [6, 6.07) is 10.6. The normalized spacial score (nSPS) is 21.9. The number of amides is 1. The van der Waals surface area contributed by atoms with E-state index >= 15 is 0 Å². The van der Waals surface area contributed by atoms with E-state index in [1.54, 1.807) is 0 Å². The van der Waals surface area contributed by atoms with Crippen LogP contribution in [0.25, 0.3) is 0 Å². The van der Waals surface area contributed by atoms with Crippen LogP contribution in [-0.4, -0.2) is 29.4 Å². The third-order valence-electron chi connectivity index (χ3n) is 3.66. The van der Waals surface area contributed by atoms with E-state index in [1.165, 1.54) is 5.56 Å². The molecule has 92 valence electrons. The predicted molar refractivity (Wildman–Crippen MR) is 68.7 cm³/mol. The lowest BCUT2D eigenvalue weighted by Crippen LogP contribution is -2.62. The van der Waals surface area contributed by atoms with Crippen molar-refractivity contribution in [2.24, 2.45) is 0 Å². The van der Waals surface area contributed by atoms with Crippen LogP contribution < -0.4 is 5.32 Å². The molecule has 1 fully saturated rings. The van der Waals surface area contributed by atoms with Crippen LogP contribution in [-0.2, 0) is 4.79 Å². The second kappa shape index (κ2) is 4.49. The van der Waals surface area contributed by atoms with E-state index in [0.717, 1.165) is 13.1 Å². The molecule has 0 bridgehead atoms. The SMILES string of the molecule is CC(c1ccccc1)N1CCNC(=O)C1(C)C. The fourth-order valence-corrected chi connectivity index (χ4v) is 2.51. The van der Waals surface area contributed by atoms with Gasteiger partial charge in [-0.3, -0.25) is 9.69 Å². The predicted octanol–water partition coefficient (Wildman–Crippen LogP) is 1.96. The summed E-state index contributed by atoms with van der Waals surface area (Å²) >= 11 is 0. The summed E-state index contributed by atoms with van der Waals surface area (Å²) < 4.78 is 0. The van der Waals surface area contributed by atoms with Gasteiger partial charge in [-0.05, 0) is 26.3 Å². The van der Waals surface area contributed by atoms with Crippen molar-refractivity contribution >= 4 is 5.91 Å². The maximum absolute atomic E-state index is 11.9. The van der Waals surface area contributed by atoms with Crippen LogP contribution in [0.4, 0.5) is 0 Å². The fourth-order valence-electron chi connectivity index (χ4n) is 2.51. The number of piperazine rings is 1. The van der Waals surface area contributed by atoms with Crippen molar-refractivity contribution in [2.75, 3.05) is 13.1 Å². The molecule has 1 saturated heterocycles. The number of rotatable bonds is 2. The van der Waals surface area contributed by atoms with Crippen LogP contribution in [0.5, 0.6) is 0 Å². The Hall–Kier alpha value is -1.35. The lowest BCUT2D eigenvalue weighted by molar-refractivity contribution is -0.136. The van der Waals surface area contributed by atoms with Gasteiger partial charge in [0.1, 0.15) is 0 Å². The zero-order chi connectivity index (χ0) is 12.5. The minimum Gasteiger partial charge on any atom is -0.353 e. The number of nitrogens with zero attached hydrogens (tertiary/aromatic N) is 1. The summed E-state index contributed by atoms with van der Waals surface area (Å²) in [6.07, 6.45) is 0. The number of hydrogen-bond donors (Lipinski definition) is 1. The maximum atomic E-state index is 11.9. The highest BCUT2D eigenvalue weighted by Crippen LogP contribution is 2.29. The molecular formula is C14H20N2O. The van der Waals surface area contributed by atoms with Crippen LogP contribution in [0.3, 0.4) is 0 Å². The monoisotopic (exact) mass is 232 g/mol. The summed E-state index contributed by atoms with van der Waals surface area (Å²) in [5.41, 5.74) is 0.823. The topological polar surface area (TPSA) is 32.3 Å². The summed E-state index contributed by atoms with van der Waals surface area (Å²) in [5, 5.41) is 2.93. The van der Waals surface area contributed by atoms with Gasteiger partial charge < -0.3 is 5.32 Å².